The first-order valence-electron chi connectivity index (χ1n) is 6.88. The van der Waals surface area contributed by atoms with Crippen molar-refractivity contribution in [3.63, 3.8) is 0 Å². The van der Waals surface area contributed by atoms with Crippen molar-refractivity contribution in [3.05, 3.63) is 29.3 Å². The van der Waals surface area contributed by atoms with Gasteiger partial charge >= 0.3 is 0 Å². The highest BCUT2D eigenvalue weighted by Gasteiger charge is 2.23. The summed E-state index contributed by atoms with van der Waals surface area (Å²) in [6.07, 6.45) is 4.85. The normalized spacial score (nSPS) is 23.4. The van der Waals surface area contributed by atoms with Crippen LogP contribution >= 0.6 is 11.3 Å². The number of rotatable bonds is 2. The summed E-state index contributed by atoms with van der Waals surface area (Å²) < 4.78 is 1.07. The van der Waals surface area contributed by atoms with E-state index in [0.29, 0.717) is 12.0 Å². The van der Waals surface area contributed by atoms with Crippen molar-refractivity contribution in [2.75, 3.05) is 0 Å². The molecule has 1 amide bonds. The first kappa shape index (κ1) is 12.6. The summed E-state index contributed by atoms with van der Waals surface area (Å²) in [6.45, 7) is 2.23. The van der Waals surface area contributed by atoms with Crippen LogP contribution in [0.2, 0.25) is 0 Å². The molecule has 0 radical (unpaired) electrons. The Bertz CT molecular complexity index is 593. The van der Waals surface area contributed by atoms with Crippen LogP contribution in [0.15, 0.2) is 23.7 Å². The van der Waals surface area contributed by atoms with E-state index in [2.05, 4.69) is 17.2 Å². The molecule has 3 rings (SSSR count). The number of carbonyl (C=O) groups is 1. The Morgan fingerprint density at radius 1 is 1.37 bits per heavy atom. The van der Waals surface area contributed by atoms with E-state index in [9.17, 15) is 4.79 Å². The maximum Gasteiger partial charge on any atom is 0.251 e. The van der Waals surface area contributed by atoms with Crippen LogP contribution in [0.25, 0.3) is 10.2 Å². The van der Waals surface area contributed by atoms with Crippen LogP contribution in [0.1, 0.15) is 43.0 Å². The molecule has 1 aliphatic rings. The number of nitrogens with one attached hydrogen (secondary N) is 1. The summed E-state index contributed by atoms with van der Waals surface area (Å²) in [5.41, 5.74) is 3.53. The van der Waals surface area contributed by atoms with E-state index in [-0.39, 0.29) is 5.91 Å². The quantitative estimate of drug-likeness (QED) is 0.909. The monoisotopic (exact) mass is 274 g/mol. The van der Waals surface area contributed by atoms with Gasteiger partial charge in [0.1, 0.15) is 0 Å². The van der Waals surface area contributed by atoms with Gasteiger partial charge in [-0.3, -0.25) is 4.79 Å². The van der Waals surface area contributed by atoms with E-state index in [1.165, 1.54) is 19.3 Å². The maximum atomic E-state index is 12.3. The molecular weight excluding hydrogens is 256 g/mol. The van der Waals surface area contributed by atoms with Gasteiger partial charge in [-0.05, 0) is 37.0 Å². The van der Waals surface area contributed by atoms with E-state index < -0.39 is 0 Å². The largest absolute Gasteiger partial charge is 0.349 e. The predicted molar refractivity (Wildman–Crippen MR) is 78.5 cm³/mol. The Balaban J connectivity index is 1.75. The lowest BCUT2D eigenvalue weighted by atomic mass is 9.86. The van der Waals surface area contributed by atoms with E-state index >= 15 is 0 Å². The fraction of sp³-hybridized carbons (Fsp3) is 0.467. The molecule has 0 aliphatic heterocycles. The molecule has 0 saturated heterocycles. The van der Waals surface area contributed by atoms with Gasteiger partial charge in [0.2, 0.25) is 0 Å². The Morgan fingerprint density at radius 2 is 2.21 bits per heavy atom. The minimum atomic E-state index is 0.0500. The molecular formula is C15H18N2OS. The van der Waals surface area contributed by atoms with Crippen molar-refractivity contribution in [2.45, 2.75) is 38.6 Å². The van der Waals surface area contributed by atoms with Gasteiger partial charge in [-0.15, -0.1) is 11.3 Å². The molecule has 2 atom stereocenters. The predicted octanol–water partition coefficient (Wildman–Crippen LogP) is 3.60. The number of nitrogens with zero attached hydrogens (tertiary/aromatic N) is 1. The van der Waals surface area contributed by atoms with Gasteiger partial charge in [0.25, 0.3) is 5.91 Å². The van der Waals surface area contributed by atoms with Gasteiger partial charge in [0, 0.05) is 11.6 Å². The molecule has 1 N–H and O–H groups in total. The Kier molecular flexibility index (Phi) is 3.51. The number of benzene rings is 1. The fourth-order valence-electron chi connectivity index (χ4n) is 2.78. The van der Waals surface area contributed by atoms with Gasteiger partial charge < -0.3 is 5.32 Å². The van der Waals surface area contributed by atoms with Crippen molar-refractivity contribution in [1.29, 1.82) is 0 Å². The van der Waals surface area contributed by atoms with Gasteiger partial charge in [0.05, 0.1) is 15.7 Å². The molecule has 1 saturated carbocycles. The van der Waals surface area contributed by atoms with Crippen molar-refractivity contribution in [2.24, 2.45) is 5.92 Å². The second-order valence-corrected chi connectivity index (χ2v) is 6.26. The van der Waals surface area contributed by atoms with E-state index in [1.54, 1.807) is 11.3 Å². The summed E-state index contributed by atoms with van der Waals surface area (Å²) in [7, 11) is 0. The molecule has 19 heavy (non-hydrogen) atoms. The van der Waals surface area contributed by atoms with E-state index in [0.717, 1.165) is 22.2 Å². The average molecular weight is 274 g/mol. The second-order valence-electron chi connectivity index (χ2n) is 5.38. The molecule has 1 aromatic carbocycles. The lowest BCUT2D eigenvalue weighted by Crippen LogP contribution is -2.41. The van der Waals surface area contributed by atoms with Crippen LogP contribution in [-0.2, 0) is 0 Å². The molecule has 4 heteroatoms. The highest BCUT2D eigenvalue weighted by molar-refractivity contribution is 7.16. The highest BCUT2D eigenvalue weighted by atomic mass is 32.1. The number of thiazole rings is 1. The molecule has 2 aromatic rings. The van der Waals surface area contributed by atoms with Crippen LogP contribution in [0.5, 0.6) is 0 Å². The zero-order valence-corrected chi connectivity index (χ0v) is 11.9. The van der Waals surface area contributed by atoms with Crippen molar-refractivity contribution in [1.82, 2.24) is 10.3 Å². The molecule has 0 unspecified atom stereocenters. The minimum Gasteiger partial charge on any atom is -0.349 e. The maximum absolute atomic E-state index is 12.3. The molecule has 1 aliphatic carbocycles. The Morgan fingerprint density at radius 3 is 3.05 bits per heavy atom. The van der Waals surface area contributed by atoms with Crippen LogP contribution in [-0.4, -0.2) is 16.9 Å². The average Bonchev–Trinajstić information content (AvgIpc) is 2.88. The number of aromatic nitrogens is 1. The van der Waals surface area contributed by atoms with Crippen molar-refractivity contribution in [3.8, 4) is 0 Å². The van der Waals surface area contributed by atoms with Crippen molar-refractivity contribution >= 4 is 27.5 Å². The number of hydrogen-bond acceptors (Lipinski definition) is 3. The third kappa shape index (κ3) is 2.63. The zero-order chi connectivity index (χ0) is 13.2. The van der Waals surface area contributed by atoms with Gasteiger partial charge in [-0.2, -0.15) is 0 Å². The second kappa shape index (κ2) is 5.29. The summed E-state index contributed by atoms with van der Waals surface area (Å²) in [6, 6.07) is 6.06. The summed E-state index contributed by atoms with van der Waals surface area (Å²) in [5.74, 6) is 0.638. The number of hydrogen-bond donors (Lipinski definition) is 1. The zero-order valence-electron chi connectivity index (χ0n) is 11.1. The number of fused-ring (bicyclic) bond motifs is 1. The lowest BCUT2D eigenvalue weighted by molar-refractivity contribution is 0.0910. The first-order valence-corrected chi connectivity index (χ1v) is 7.76. The molecule has 1 heterocycles. The first-order chi connectivity index (χ1) is 9.24. The third-order valence-corrected chi connectivity index (χ3v) is 4.81. The topological polar surface area (TPSA) is 42.0 Å². The van der Waals surface area contributed by atoms with E-state index in [4.69, 9.17) is 0 Å². The molecule has 1 aromatic heterocycles. The molecule has 100 valence electrons. The minimum absolute atomic E-state index is 0.0500. The van der Waals surface area contributed by atoms with Crippen LogP contribution in [0.4, 0.5) is 0 Å². The van der Waals surface area contributed by atoms with Crippen LogP contribution < -0.4 is 5.32 Å². The third-order valence-electron chi connectivity index (χ3n) is 4.02. The molecule has 3 nitrogen and oxygen atoms in total. The summed E-state index contributed by atoms with van der Waals surface area (Å²) in [4.78, 5) is 16.5. The van der Waals surface area contributed by atoms with Gasteiger partial charge in [0.15, 0.2) is 0 Å². The Hall–Kier alpha value is -1.42. The fourth-order valence-corrected chi connectivity index (χ4v) is 3.50. The van der Waals surface area contributed by atoms with E-state index in [1.807, 2.05) is 23.7 Å². The highest BCUT2D eigenvalue weighted by Crippen LogP contribution is 2.24. The summed E-state index contributed by atoms with van der Waals surface area (Å²) >= 11 is 1.57. The SMILES string of the molecule is C[C@H]1CCCC[C@H]1NC(=O)c1ccc2ncsc2c1. The van der Waals surface area contributed by atoms with Crippen LogP contribution in [0.3, 0.4) is 0 Å². The standard InChI is InChI=1S/C15H18N2OS/c1-10-4-2-3-5-12(10)17-15(18)11-6-7-13-14(8-11)19-9-16-13/h6-10,12H,2-5H2,1H3,(H,17,18)/t10-,12+/m0/s1. The molecule has 0 bridgehead atoms. The molecule has 1 fully saturated rings. The van der Waals surface area contributed by atoms with Crippen LogP contribution in [0, 0.1) is 5.92 Å². The van der Waals surface area contributed by atoms with Crippen molar-refractivity contribution < 1.29 is 4.79 Å². The van der Waals surface area contributed by atoms with Gasteiger partial charge in [-0.1, -0.05) is 19.8 Å². The smallest absolute Gasteiger partial charge is 0.251 e. The number of amides is 1. The van der Waals surface area contributed by atoms with Gasteiger partial charge in [-0.25, -0.2) is 4.98 Å². The Labute approximate surface area is 117 Å². The summed E-state index contributed by atoms with van der Waals surface area (Å²) in [5, 5.41) is 3.19. The lowest BCUT2D eigenvalue weighted by Gasteiger charge is -2.29. The molecule has 0 spiro atoms. The number of carbonyl (C=O) groups excluding carboxylic acids is 1.